The van der Waals surface area contributed by atoms with Crippen LogP contribution in [0.1, 0.15) is 18.1 Å². The van der Waals surface area contributed by atoms with Gasteiger partial charge in [-0.1, -0.05) is 60.7 Å². The molecule has 3 rings (SSSR count). The van der Waals surface area contributed by atoms with E-state index < -0.39 is 5.79 Å². The van der Waals surface area contributed by atoms with Gasteiger partial charge in [-0.2, -0.15) is 0 Å². The van der Waals surface area contributed by atoms with Crippen molar-refractivity contribution in [3.8, 4) is 0 Å². The van der Waals surface area contributed by atoms with Crippen molar-refractivity contribution in [3.63, 3.8) is 0 Å². The lowest BCUT2D eigenvalue weighted by Gasteiger charge is -2.31. The highest BCUT2D eigenvalue weighted by Gasteiger charge is 2.49. The standard InChI is InChI=1S/C20H26NO2/c1-16-19(15-21(2,3)4)23-20(22-16,17-11-7-5-8-12-17)18-13-9-6-10-14-18/h5-14,16,19H,15H2,1-4H3/q+1/t16-,19-/m1/s1. The zero-order chi connectivity index (χ0) is 16.5. The van der Waals surface area contributed by atoms with Gasteiger partial charge in [-0.05, 0) is 6.92 Å². The largest absolute Gasteiger partial charge is 0.336 e. The number of quaternary nitrogens is 1. The fraction of sp³-hybridized carbons (Fsp3) is 0.400. The molecule has 0 unspecified atom stereocenters. The Bertz CT molecular complexity index is 594. The van der Waals surface area contributed by atoms with Crippen LogP contribution in [0, 0.1) is 0 Å². The molecule has 1 fully saturated rings. The molecule has 0 spiro atoms. The predicted octanol–water partition coefficient (Wildman–Crippen LogP) is 3.40. The van der Waals surface area contributed by atoms with Crippen molar-refractivity contribution in [1.29, 1.82) is 0 Å². The minimum absolute atomic E-state index is 0.0350. The Hall–Kier alpha value is -1.68. The summed E-state index contributed by atoms with van der Waals surface area (Å²) in [6.07, 6.45) is 0.0863. The van der Waals surface area contributed by atoms with Crippen molar-refractivity contribution in [2.75, 3.05) is 27.7 Å². The smallest absolute Gasteiger partial charge is 0.223 e. The van der Waals surface area contributed by atoms with Gasteiger partial charge in [0, 0.05) is 11.1 Å². The normalized spacial score (nSPS) is 23.8. The molecule has 3 nitrogen and oxygen atoms in total. The van der Waals surface area contributed by atoms with Crippen molar-refractivity contribution in [2.45, 2.75) is 24.9 Å². The number of rotatable bonds is 4. The second-order valence-electron chi connectivity index (χ2n) is 7.30. The summed E-state index contributed by atoms with van der Waals surface area (Å²) in [5, 5.41) is 0. The molecule has 1 aliphatic heterocycles. The average Bonchev–Trinajstić information content (AvgIpc) is 2.85. The summed E-state index contributed by atoms with van der Waals surface area (Å²) in [5.74, 6) is -0.818. The van der Waals surface area contributed by atoms with Gasteiger partial charge in [0.15, 0.2) is 0 Å². The van der Waals surface area contributed by atoms with Crippen LogP contribution in [0.15, 0.2) is 60.7 Å². The number of benzene rings is 2. The lowest BCUT2D eigenvalue weighted by Crippen LogP contribution is -2.44. The van der Waals surface area contributed by atoms with E-state index in [-0.39, 0.29) is 12.2 Å². The summed E-state index contributed by atoms with van der Waals surface area (Å²) in [5.41, 5.74) is 2.09. The summed E-state index contributed by atoms with van der Waals surface area (Å²) < 4.78 is 13.9. The molecule has 0 bridgehead atoms. The third-order valence-corrected chi connectivity index (χ3v) is 4.23. The second-order valence-corrected chi connectivity index (χ2v) is 7.30. The quantitative estimate of drug-likeness (QED) is 0.806. The van der Waals surface area contributed by atoms with Crippen LogP contribution in [-0.2, 0) is 15.3 Å². The third kappa shape index (κ3) is 3.32. The van der Waals surface area contributed by atoms with E-state index in [4.69, 9.17) is 9.47 Å². The zero-order valence-corrected chi connectivity index (χ0v) is 14.4. The van der Waals surface area contributed by atoms with Crippen molar-refractivity contribution < 1.29 is 14.0 Å². The summed E-state index contributed by atoms with van der Waals surface area (Å²) in [4.78, 5) is 0. The van der Waals surface area contributed by atoms with E-state index in [1.54, 1.807) is 0 Å². The Morgan fingerprint density at radius 1 is 0.826 bits per heavy atom. The van der Waals surface area contributed by atoms with Gasteiger partial charge in [-0.25, -0.2) is 0 Å². The number of nitrogens with zero attached hydrogens (tertiary/aromatic N) is 1. The molecule has 122 valence electrons. The average molecular weight is 312 g/mol. The molecule has 0 amide bonds. The first-order chi connectivity index (χ1) is 10.9. The molecule has 2 aromatic carbocycles. The molecular weight excluding hydrogens is 286 g/mol. The first kappa shape index (κ1) is 16.2. The first-order valence-corrected chi connectivity index (χ1v) is 8.18. The molecule has 0 aromatic heterocycles. The van der Waals surface area contributed by atoms with E-state index >= 15 is 0 Å². The van der Waals surface area contributed by atoms with Crippen LogP contribution in [-0.4, -0.2) is 44.4 Å². The Morgan fingerprint density at radius 3 is 1.74 bits per heavy atom. The van der Waals surface area contributed by atoms with Crippen LogP contribution >= 0.6 is 0 Å². The van der Waals surface area contributed by atoms with Crippen molar-refractivity contribution in [3.05, 3.63) is 71.8 Å². The Morgan fingerprint density at radius 2 is 1.30 bits per heavy atom. The molecule has 2 atom stereocenters. The Kier molecular flexibility index (Phi) is 4.28. The zero-order valence-electron chi connectivity index (χ0n) is 14.4. The molecule has 3 heteroatoms. The predicted molar refractivity (Wildman–Crippen MR) is 92.0 cm³/mol. The summed E-state index contributed by atoms with van der Waals surface area (Å²) in [6.45, 7) is 3.01. The lowest BCUT2D eigenvalue weighted by molar-refractivity contribution is -0.873. The van der Waals surface area contributed by atoms with Crippen molar-refractivity contribution in [1.82, 2.24) is 0 Å². The monoisotopic (exact) mass is 312 g/mol. The Labute approximate surface area is 139 Å². The number of hydrogen-bond donors (Lipinski definition) is 0. The maximum absolute atomic E-state index is 6.57. The van der Waals surface area contributed by atoms with Gasteiger partial charge in [-0.15, -0.1) is 0 Å². The van der Waals surface area contributed by atoms with E-state index in [2.05, 4.69) is 52.3 Å². The summed E-state index contributed by atoms with van der Waals surface area (Å²) in [6, 6.07) is 20.5. The molecule has 0 radical (unpaired) electrons. The van der Waals surface area contributed by atoms with E-state index in [0.29, 0.717) is 0 Å². The van der Waals surface area contributed by atoms with Gasteiger partial charge in [-0.3, -0.25) is 0 Å². The maximum atomic E-state index is 6.57. The maximum Gasteiger partial charge on any atom is 0.223 e. The molecule has 23 heavy (non-hydrogen) atoms. The van der Waals surface area contributed by atoms with Crippen LogP contribution in [0.25, 0.3) is 0 Å². The van der Waals surface area contributed by atoms with Crippen LogP contribution in [0.3, 0.4) is 0 Å². The van der Waals surface area contributed by atoms with E-state index in [9.17, 15) is 0 Å². The SMILES string of the molecule is C[C@H]1OC(c2ccccc2)(c2ccccc2)O[C@@H]1C[N+](C)(C)C. The van der Waals surface area contributed by atoms with E-state index in [1.165, 1.54) is 0 Å². The van der Waals surface area contributed by atoms with Crippen LogP contribution in [0.5, 0.6) is 0 Å². The molecule has 2 aromatic rings. The van der Waals surface area contributed by atoms with Gasteiger partial charge in [0.2, 0.25) is 5.79 Å². The highest BCUT2D eigenvalue weighted by molar-refractivity contribution is 5.34. The van der Waals surface area contributed by atoms with Gasteiger partial charge in [0.1, 0.15) is 12.6 Å². The van der Waals surface area contributed by atoms with Crippen molar-refractivity contribution >= 4 is 0 Å². The molecule has 0 aliphatic carbocycles. The third-order valence-electron chi connectivity index (χ3n) is 4.23. The van der Waals surface area contributed by atoms with Crippen molar-refractivity contribution in [2.24, 2.45) is 0 Å². The number of hydrogen-bond acceptors (Lipinski definition) is 2. The van der Waals surface area contributed by atoms with Crippen LogP contribution in [0.2, 0.25) is 0 Å². The fourth-order valence-electron chi connectivity index (χ4n) is 3.15. The summed E-state index contributed by atoms with van der Waals surface area (Å²) in [7, 11) is 6.54. The van der Waals surface area contributed by atoms with Gasteiger partial charge in [0.25, 0.3) is 0 Å². The van der Waals surface area contributed by atoms with E-state index in [1.807, 2.05) is 36.4 Å². The summed E-state index contributed by atoms with van der Waals surface area (Å²) >= 11 is 0. The van der Waals surface area contributed by atoms with Gasteiger partial charge < -0.3 is 14.0 Å². The van der Waals surface area contributed by atoms with E-state index in [0.717, 1.165) is 22.2 Å². The second kappa shape index (κ2) is 6.08. The number of ether oxygens (including phenoxy) is 2. The fourth-order valence-corrected chi connectivity index (χ4v) is 3.15. The minimum atomic E-state index is -0.818. The molecule has 1 saturated heterocycles. The molecule has 1 heterocycles. The van der Waals surface area contributed by atoms with Gasteiger partial charge in [0.05, 0.1) is 27.2 Å². The Balaban J connectivity index is 2.02. The minimum Gasteiger partial charge on any atom is -0.336 e. The first-order valence-electron chi connectivity index (χ1n) is 8.18. The van der Waals surface area contributed by atoms with Gasteiger partial charge >= 0.3 is 0 Å². The topological polar surface area (TPSA) is 18.5 Å². The van der Waals surface area contributed by atoms with Crippen LogP contribution < -0.4 is 0 Å². The van der Waals surface area contributed by atoms with Crippen LogP contribution in [0.4, 0.5) is 0 Å². The molecule has 0 saturated carbocycles. The molecular formula is C20H26NO2+. The molecule has 0 N–H and O–H groups in total. The highest BCUT2D eigenvalue weighted by Crippen LogP contribution is 2.43. The highest BCUT2D eigenvalue weighted by atomic mass is 16.8. The lowest BCUT2D eigenvalue weighted by atomic mass is 9.97. The molecule has 1 aliphatic rings. The number of likely N-dealkylation sites (N-methyl/N-ethyl adjacent to an activating group) is 1.